The van der Waals surface area contributed by atoms with E-state index in [0.29, 0.717) is 0 Å². The number of nitrogen functional groups attached to an aromatic ring is 1. The minimum atomic E-state index is -0.779. The van der Waals surface area contributed by atoms with Crippen LogP contribution in [0.25, 0.3) is 0 Å². The second kappa shape index (κ2) is 4.31. The first kappa shape index (κ1) is 12.6. The number of fused-ring (bicyclic) bond motifs is 1. The zero-order valence-electron chi connectivity index (χ0n) is 10.1. The number of nitrogens with two attached hydrogens (primary N) is 1. The first-order chi connectivity index (χ1) is 9.50. The Morgan fingerprint density at radius 3 is 2.15 bits per heavy atom. The molecule has 2 N–H and O–H groups in total. The van der Waals surface area contributed by atoms with Gasteiger partial charge < -0.3 is 5.73 Å². The molecule has 0 bridgehead atoms. The monoisotopic (exact) mass is 290 g/mol. The maximum atomic E-state index is 14.0. The Hall–Kier alpha value is -2.40. The fourth-order valence-electron chi connectivity index (χ4n) is 2.13. The quantitative estimate of drug-likeness (QED) is 0.649. The summed E-state index contributed by atoms with van der Waals surface area (Å²) < 4.78 is 14.0. The normalized spacial score (nSPS) is 13.8. The SMILES string of the molecule is Nc1cc(N2C(=O)c3ccccc3C2=O)c(F)cc1Cl. The molecular weight excluding hydrogens is 283 g/mol. The zero-order chi connectivity index (χ0) is 14.4. The summed E-state index contributed by atoms with van der Waals surface area (Å²) in [7, 11) is 0. The molecule has 2 aromatic rings. The number of rotatable bonds is 1. The van der Waals surface area contributed by atoms with Crippen molar-refractivity contribution < 1.29 is 14.0 Å². The highest BCUT2D eigenvalue weighted by Crippen LogP contribution is 2.33. The van der Waals surface area contributed by atoms with E-state index in [4.69, 9.17) is 17.3 Å². The van der Waals surface area contributed by atoms with E-state index in [9.17, 15) is 14.0 Å². The van der Waals surface area contributed by atoms with E-state index in [1.807, 2.05) is 0 Å². The van der Waals surface area contributed by atoms with E-state index in [2.05, 4.69) is 0 Å². The maximum absolute atomic E-state index is 14.0. The van der Waals surface area contributed by atoms with Crippen molar-refractivity contribution in [1.82, 2.24) is 0 Å². The van der Waals surface area contributed by atoms with Crippen molar-refractivity contribution in [1.29, 1.82) is 0 Å². The molecule has 1 heterocycles. The molecule has 100 valence electrons. The largest absolute Gasteiger partial charge is 0.397 e. The standard InChI is InChI=1S/C14H8ClFN2O2/c15-9-5-10(16)12(6-11(9)17)18-13(19)7-3-1-2-4-8(7)14(18)20/h1-6H,17H2. The van der Waals surface area contributed by atoms with Gasteiger partial charge in [0.15, 0.2) is 0 Å². The lowest BCUT2D eigenvalue weighted by Crippen LogP contribution is -2.30. The smallest absolute Gasteiger partial charge is 0.266 e. The molecule has 2 aromatic carbocycles. The Morgan fingerprint density at radius 1 is 1.05 bits per heavy atom. The second-order valence-electron chi connectivity index (χ2n) is 4.32. The second-order valence-corrected chi connectivity index (χ2v) is 4.72. The lowest BCUT2D eigenvalue weighted by molar-refractivity contribution is 0.0925. The van der Waals surface area contributed by atoms with Crippen LogP contribution in [0.4, 0.5) is 15.8 Å². The van der Waals surface area contributed by atoms with Crippen molar-refractivity contribution in [3.63, 3.8) is 0 Å². The summed E-state index contributed by atoms with van der Waals surface area (Å²) in [5, 5.41) is 0.0304. The Bertz CT molecular complexity index is 726. The number of carbonyl (C=O) groups excluding carboxylic acids is 2. The van der Waals surface area contributed by atoms with Crippen LogP contribution in [0.5, 0.6) is 0 Å². The van der Waals surface area contributed by atoms with Crippen molar-refractivity contribution >= 4 is 34.8 Å². The molecule has 3 rings (SSSR count). The Balaban J connectivity index is 2.17. The molecular formula is C14H8ClFN2O2. The Kier molecular flexibility index (Phi) is 2.72. The third-order valence-corrected chi connectivity index (χ3v) is 3.43. The van der Waals surface area contributed by atoms with Gasteiger partial charge in [0.2, 0.25) is 0 Å². The highest BCUT2D eigenvalue weighted by atomic mass is 35.5. The molecule has 0 aromatic heterocycles. The van der Waals surface area contributed by atoms with Crippen LogP contribution in [-0.4, -0.2) is 11.8 Å². The van der Waals surface area contributed by atoms with Crippen molar-refractivity contribution in [3.05, 3.63) is 58.4 Å². The number of carbonyl (C=O) groups is 2. The topological polar surface area (TPSA) is 63.4 Å². The van der Waals surface area contributed by atoms with E-state index in [-0.39, 0.29) is 27.5 Å². The van der Waals surface area contributed by atoms with Gasteiger partial charge in [0.1, 0.15) is 5.82 Å². The molecule has 0 spiro atoms. The van der Waals surface area contributed by atoms with Crippen molar-refractivity contribution in [3.8, 4) is 0 Å². The third kappa shape index (κ3) is 1.67. The lowest BCUT2D eigenvalue weighted by Gasteiger charge is -2.15. The van der Waals surface area contributed by atoms with Crippen LogP contribution in [0.15, 0.2) is 36.4 Å². The van der Waals surface area contributed by atoms with Gasteiger partial charge in [-0.25, -0.2) is 9.29 Å². The molecule has 0 fully saturated rings. The van der Waals surface area contributed by atoms with Crippen LogP contribution in [0.3, 0.4) is 0 Å². The van der Waals surface area contributed by atoms with Crippen LogP contribution in [0, 0.1) is 5.82 Å². The number of halogens is 2. The Morgan fingerprint density at radius 2 is 1.60 bits per heavy atom. The highest BCUT2D eigenvalue weighted by molar-refractivity contribution is 6.35. The van der Waals surface area contributed by atoms with Crippen LogP contribution < -0.4 is 10.6 Å². The number of amides is 2. The maximum Gasteiger partial charge on any atom is 0.266 e. The molecule has 0 saturated heterocycles. The predicted octanol–water partition coefficient (Wildman–Crippen LogP) is 2.86. The average Bonchev–Trinajstić information content (AvgIpc) is 2.68. The Labute approximate surface area is 118 Å². The molecule has 20 heavy (non-hydrogen) atoms. The number of hydrogen-bond donors (Lipinski definition) is 1. The van der Waals surface area contributed by atoms with E-state index >= 15 is 0 Å². The fourth-order valence-corrected chi connectivity index (χ4v) is 2.28. The van der Waals surface area contributed by atoms with E-state index in [1.54, 1.807) is 12.1 Å². The van der Waals surface area contributed by atoms with Gasteiger partial charge in [0, 0.05) is 0 Å². The number of hydrogen-bond acceptors (Lipinski definition) is 3. The summed E-state index contributed by atoms with van der Waals surface area (Å²) in [4.78, 5) is 25.2. The molecule has 1 aliphatic heterocycles. The van der Waals surface area contributed by atoms with Gasteiger partial charge in [-0.2, -0.15) is 0 Å². The lowest BCUT2D eigenvalue weighted by atomic mass is 10.1. The van der Waals surface area contributed by atoms with Crippen molar-refractivity contribution in [2.24, 2.45) is 0 Å². The number of imide groups is 1. The van der Waals surface area contributed by atoms with Crippen LogP contribution in [0.1, 0.15) is 20.7 Å². The summed E-state index contributed by atoms with van der Waals surface area (Å²) in [6.07, 6.45) is 0. The third-order valence-electron chi connectivity index (χ3n) is 3.10. The van der Waals surface area contributed by atoms with Gasteiger partial charge in [0.25, 0.3) is 11.8 Å². The first-order valence-electron chi connectivity index (χ1n) is 5.73. The molecule has 1 aliphatic rings. The van der Waals surface area contributed by atoms with Gasteiger partial charge in [-0.3, -0.25) is 9.59 Å². The van der Waals surface area contributed by atoms with Gasteiger partial charge in [-0.05, 0) is 24.3 Å². The molecule has 0 atom stereocenters. The van der Waals surface area contributed by atoms with Crippen LogP contribution in [0.2, 0.25) is 5.02 Å². The highest BCUT2D eigenvalue weighted by Gasteiger charge is 2.37. The molecule has 6 heteroatoms. The minimum absolute atomic E-state index is 0.0304. The molecule has 0 unspecified atom stereocenters. The van der Waals surface area contributed by atoms with E-state index in [1.165, 1.54) is 18.2 Å². The van der Waals surface area contributed by atoms with Crippen LogP contribution >= 0.6 is 11.6 Å². The number of benzene rings is 2. The molecule has 0 radical (unpaired) electrons. The predicted molar refractivity (Wildman–Crippen MR) is 73.4 cm³/mol. The van der Waals surface area contributed by atoms with Gasteiger partial charge in [0.05, 0.1) is 27.5 Å². The summed E-state index contributed by atoms with van der Waals surface area (Å²) in [6, 6.07) is 8.48. The van der Waals surface area contributed by atoms with Crippen molar-refractivity contribution in [2.45, 2.75) is 0 Å². The van der Waals surface area contributed by atoms with Crippen LogP contribution in [-0.2, 0) is 0 Å². The molecule has 4 nitrogen and oxygen atoms in total. The number of anilines is 2. The summed E-state index contributed by atoms with van der Waals surface area (Å²) in [5.41, 5.74) is 5.99. The molecule has 0 aliphatic carbocycles. The van der Waals surface area contributed by atoms with E-state index < -0.39 is 17.6 Å². The summed E-state index contributed by atoms with van der Waals surface area (Å²) >= 11 is 5.70. The molecule has 2 amide bonds. The first-order valence-corrected chi connectivity index (χ1v) is 6.11. The zero-order valence-corrected chi connectivity index (χ0v) is 10.8. The van der Waals surface area contributed by atoms with Crippen molar-refractivity contribution in [2.75, 3.05) is 10.6 Å². The van der Waals surface area contributed by atoms with Gasteiger partial charge in [-0.1, -0.05) is 23.7 Å². The van der Waals surface area contributed by atoms with E-state index in [0.717, 1.165) is 11.0 Å². The summed E-state index contributed by atoms with van der Waals surface area (Å²) in [6.45, 7) is 0. The molecule has 0 saturated carbocycles. The summed E-state index contributed by atoms with van der Waals surface area (Å²) in [5.74, 6) is -1.93. The van der Waals surface area contributed by atoms with Gasteiger partial charge in [-0.15, -0.1) is 0 Å². The average molecular weight is 291 g/mol. The number of nitrogens with zero attached hydrogens (tertiary/aromatic N) is 1. The van der Waals surface area contributed by atoms with Gasteiger partial charge >= 0.3 is 0 Å². The minimum Gasteiger partial charge on any atom is -0.397 e. The fraction of sp³-hybridized carbons (Fsp3) is 0.